The molecule has 0 aromatic heterocycles. The Bertz CT molecular complexity index is 853. The Hall–Kier alpha value is -2.77. The topological polar surface area (TPSA) is 96.9 Å². The van der Waals surface area contributed by atoms with Crippen molar-refractivity contribution in [3.63, 3.8) is 0 Å². The lowest BCUT2D eigenvalue weighted by molar-refractivity contribution is -0.136. The summed E-state index contributed by atoms with van der Waals surface area (Å²) in [6, 6.07) is 11.4. The van der Waals surface area contributed by atoms with E-state index in [0.29, 0.717) is 27.8 Å². The first-order chi connectivity index (χ1) is 12.3. The van der Waals surface area contributed by atoms with E-state index < -0.39 is 17.4 Å². The summed E-state index contributed by atoms with van der Waals surface area (Å²) < 4.78 is 10.5. The number of hydrogen-bond acceptors (Lipinski definition) is 5. The highest BCUT2D eigenvalue weighted by Gasteiger charge is 2.27. The Kier molecular flexibility index (Phi) is 5.01. The third-order valence-corrected chi connectivity index (χ3v) is 4.11. The molecule has 26 heavy (non-hydrogen) atoms. The number of carbonyl (C=O) groups is 2. The largest absolute Gasteiger partial charge is 0.454 e. The summed E-state index contributed by atoms with van der Waals surface area (Å²) in [4.78, 5) is 23.9. The fourth-order valence-corrected chi connectivity index (χ4v) is 2.61. The van der Waals surface area contributed by atoms with Crippen LogP contribution in [-0.4, -0.2) is 30.3 Å². The maximum atomic E-state index is 12.0. The predicted molar refractivity (Wildman–Crippen MR) is 95.2 cm³/mol. The third-order valence-electron chi connectivity index (χ3n) is 3.88. The standard InChI is InChI=1S/C18H17ClN2O5/c1-18(24,11-5-6-14-15(7-11)26-10-25-14)9-20-16(22)17(23)21-13-4-2-3-12(19)8-13/h2-8,24H,9-10H2,1H3,(H,20,22)(H,21,23). The van der Waals surface area contributed by atoms with Gasteiger partial charge in [-0.05, 0) is 42.8 Å². The van der Waals surface area contributed by atoms with E-state index in [1.54, 1.807) is 36.4 Å². The maximum Gasteiger partial charge on any atom is 0.313 e. The number of halogens is 1. The molecule has 0 bridgehead atoms. The Morgan fingerprint density at radius 3 is 2.69 bits per heavy atom. The van der Waals surface area contributed by atoms with Crippen molar-refractivity contribution in [3.05, 3.63) is 53.1 Å². The Balaban J connectivity index is 1.60. The van der Waals surface area contributed by atoms with Crippen LogP contribution in [-0.2, 0) is 15.2 Å². The second kappa shape index (κ2) is 7.23. The number of hydrogen-bond donors (Lipinski definition) is 3. The lowest BCUT2D eigenvalue weighted by Crippen LogP contribution is -2.43. The molecule has 136 valence electrons. The Labute approximate surface area is 154 Å². The summed E-state index contributed by atoms with van der Waals surface area (Å²) in [5.41, 5.74) is -0.468. The van der Waals surface area contributed by atoms with E-state index >= 15 is 0 Å². The second-order valence-electron chi connectivity index (χ2n) is 5.99. The van der Waals surface area contributed by atoms with Gasteiger partial charge in [-0.25, -0.2) is 0 Å². The number of aliphatic hydroxyl groups is 1. The Morgan fingerprint density at radius 1 is 1.15 bits per heavy atom. The van der Waals surface area contributed by atoms with Crippen molar-refractivity contribution >= 4 is 29.1 Å². The van der Waals surface area contributed by atoms with Crippen molar-refractivity contribution in [1.82, 2.24) is 5.32 Å². The average molecular weight is 377 g/mol. The van der Waals surface area contributed by atoms with E-state index in [1.165, 1.54) is 13.0 Å². The highest BCUT2D eigenvalue weighted by Crippen LogP contribution is 2.35. The van der Waals surface area contributed by atoms with E-state index in [4.69, 9.17) is 21.1 Å². The van der Waals surface area contributed by atoms with Crippen molar-refractivity contribution in [1.29, 1.82) is 0 Å². The molecule has 0 radical (unpaired) electrons. The van der Waals surface area contributed by atoms with E-state index in [-0.39, 0.29) is 13.3 Å². The normalized spacial score (nSPS) is 14.4. The van der Waals surface area contributed by atoms with Gasteiger partial charge in [-0.3, -0.25) is 9.59 Å². The van der Waals surface area contributed by atoms with Crippen LogP contribution >= 0.6 is 11.6 Å². The first-order valence-corrected chi connectivity index (χ1v) is 8.20. The number of benzene rings is 2. The second-order valence-corrected chi connectivity index (χ2v) is 6.43. The highest BCUT2D eigenvalue weighted by molar-refractivity contribution is 6.39. The first kappa shape index (κ1) is 18.0. The maximum absolute atomic E-state index is 12.0. The molecule has 0 fully saturated rings. The van der Waals surface area contributed by atoms with E-state index in [1.807, 2.05) is 0 Å². The molecule has 3 rings (SSSR count). The van der Waals surface area contributed by atoms with Crippen LogP contribution in [0.15, 0.2) is 42.5 Å². The molecule has 2 aromatic carbocycles. The van der Waals surface area contributed by atoms with Crippen LogP contribution in [0.25, 0.3) is 0 Å². The van der Waals surface area contributed by atoms with Crippen LogP contribution in [0.4, 0.5) is 5.69 Å². The molecule has 0 saturated heterocycles. The molecule has 1 aliphatic heterocycles. The number of rotatable bonds is 4. The van der Waals surface area contributed by atoms with Gasteiger partial charge in [-0.2, -0.15) is 0 Å². The van der Waals surface area contributed by atoms with Gasteiger partial charge in [0.05, 0.1) is 6.54 Å². The summed E-state index contributed by atoms with van der Waals surface area (Å²) >= 11 is 5.83. The first-order valence-electron chi connectivity index (χ1n) is 7.82. The van der Waals surface area contributed by atoms with Crippen LogP contribution in [0.5, 0.6) is 11.5 Å². The molecular weight excluding hydrogens is 360 g/mol. The lowest BCUT2D eigenvalue weighted by atomic mass is 9.95. The SMILES string of the molecule is CC(O)(CNC(=O)C(=O)Nc1cccc(Cl)c1)c1ccc2c(c1)OCO2. The van der Waals surface area contributed by atoms with Crippen LogP contribution in [0, 0.1) is 0 Å². The van der Waals surface area contributed by atoms with Crippen molar-refractivity contribution in [2.75, 3.05) is 18.7 Å². The minimum atomic E-state index is -1.40. The van der Waals surface area contributed by atoms with Crippen molar-refractivity contribution in [2.24, 2.45) is 0 Å². The zero-order valence-electron chi connectivity index (χ0n) is 13.9. The monoisotopic (exact) mass is 376 g/mol. The molecule has 1 aliphatic rings. The molecular formula is C18H17ClN2O5. The summed E-state index contributed by atoms with van der Waals surface area (Å²) in [5.74, 6) is -0.609. The molecule has 1 heterocycles. The number of anilines is 1. The molecule has 1 atom stereocenters. The van der Waals surface area contributed by atoms with Gasteiger partial charge in [0.2, 0.25) is 6.79 Å². The summed E-state index contributed by atoms with van der Waals surface area (Å²) in [6.07, 6.45) is 0. The van der Waals surface area contributed by atoms with E-state index in [9.17, 15) is 14.7 Å². The molecule has 1 unspecified atom stereocenters. The van der Waals surface area contributed by atoms with E-state index in [2.05, 4.69) is 10.6 Å². The van der Waals surface area contributed by atoms with Gasteiger partial charge < -0.3 is 25.2 Å². The van der Waals surface area contributed by atoms with Crippen LogP contribution < -0.4 is 20.1 Å². The van der Waals surface area contributed by atoms with Crippen LogP contribution in [0.3, 0.4) is 0 Å². The van der Waals surface area contributed by atoms with Crippen molar-refractivity contribution < 1.29 is 24.2 Å². The van der Waals surface area contributed by atoms with Gasteiger partial charge >= 0.3 is 11.8 Å². The zero-order chi connectivity index (χ0) is 18.7. The Morgan fingerprint density at radius 2 is 1.92 bits per heavy atom. The molecule has 2 amide bonds. The van der Waals surface area contributed by atoms with Gasteiger partial charge in [-0.15, -0.1) is 0 Å². The average Bonchev–Trinajstić information content (AvgIpc) is 3.07. The van der Waals surface area contributed by atoms with Crippen LogP contribution in [0.1, 0.15) is 12.5 Å². The number of fused-ring (bicyclic) bond motifs is 1. The number of nitrogens with one attached hydrogen (secondary N) is 2. The zero-order valence-corrected chi connectivity index (χ0v) is 14.7. The number of carbonyl (C=O) groups excluding carboxylic acids is 2. The highest BCUT2D eigenvalue weighted by atomic mass is 35.5. The fraction of sp³-hybridized carbons (Fsp3) is 0.222. The van der Waals surface area contributed by atoms with E-state index in [0.717, 1.165) is 0 Å². The number of amides is 2. The van der Waals surface area contributed by atoms with Gasteiger partial charge in [0.1, 0.15) is 5.60 Å². The van der Waals surface area contributed by atoms with Crippen molar-refractivity contribution in [2.45, 2.75) is 12.5 Å². The molecule has 2 aromatic rings. The quantitative estimate of drug-likeness (QED) is 0.709. The van der Waals surface area contributed by atoms with Gasteiger partial charge in [0, 0.05) is 10.7 Å². The van der Waals surface area contributed by atoms with Gasteiger partial charge in [0.25, 0.3) is 0 Å². The predicted octanol–water partition coefficient (Wildman–Crippen LogP) is 2.03. The molecule has 7 nitrogen and oxygen atoms in total. The molecule has 0 aliphatic carbocycles. The van der Waals surface area contributed by atoms with Crippen LogP contribution in [0.2, 0.25) is 5.02 Å². The summed E-state index contributed by atoms with van der Waals surface area (Å²) in [5, 5.41) is 15.9. The van der Waals surface area contributed by atoms with Gasteiger partial charge in [0.15, 0.2) is 11.5 Å². The third kappa shape index (κ3) is 4.07. The molecule has 0 saturated carbocycles. The molecule has 8 heteroatoms. The van der Waals surface area contributed by atoms with Crippen molar-refractivity contribution in [3.8, 4) is 11.5 Å². The lowest BCUT2D eigenvalue weighted by Gasteiger charge is -2.24. The minimum Gasteiger partial charge on any atom is -0.454 e. The fourth-order valence-electron chi connectivity index (χ4n) is 2.42. The molecule has 3 N–H and O–H groups in total. The minimum absolute atomic E-state index is 0.126. The van der Waals surface area contributed by atoms with Gasteiger partial charge in [-0.1, -0.05) is 23.7 Å². The number of ether oxygens (including phenoxy) is 2. The summed E-state index contributed by atoms with van der Waals surface area (Å²) in [7, 11) is 0. The molecule has 0 spiro atoms. The smallest absolute Gasteiger partial charge is 0.313 e. The summed E-state index contributed by atoms with van der Waals surface area (Å²) in [6.45, 7) is 1.50.